The minimum atomic E-state index is -0.314. The zero-order valence-corrected chi connectivity index (χ0v) is 21.2. The van der Waals surface area contributed by atoms with Gasteiger partial charge in [0.05, 0.1) is 12.7 Å². The molecule has 0 unspecified atom stereocenters. The molecule has 3 aromatic carbocycles. The first-order valence-electron chi connectivity index (χ1n) is 11.9. The van der Waals surface area contributed by atoms with Gasteiger partial charge in [-0.3, -0.25) is 0 Å². The zero-order chi connectivity index (χ0) is 24.7. The third-order valence-electron chi connectivity index (χ3n) is 5.94. The van der Waals surface area contributed by atoms with Crippen molar-refractivity contribution >= 4 is 17.3 Å². The van der Waals surface area contributed by atoms with Crippen molar-refractivity contribution in [1.29, 1.82) is 0 Å². The molecule has 0 saturated carbocycles. The lowest BCUT2D eigenvalue weighted by atomic mass is 9.86. The number of hydrogen-bond acceptors (Lipinski definition) is 4. The van der Waals surface area contributed by atoms with Gasteiger partial charge in [-0.1, -0.05) is 48.9 Å². The minimum absolute atomic E-state index is 0.314. The number of rotatable bonds is 9. The summed E-state index contributed by atoms with van der Waals surface area (Å²) in [7, 11) is 1.44. The van der Waals surface area contributed by atoms with Crippen LogP contribution in [0.4, 0.5) is 11.4 Å². The standard InChI is InChI=1S/C30H36N2O2/c1-7-17-31-25-14-10-24(11-15-25)28-21(4)19-27(22(5)29(28)30(33)34-6)23-8-12-26(13-9-23)32-18-16-20(2)3/h8-16,19,31-32H,7,17-18H2,1-6H3. The number of ether oxygens (including phenoxy) is 1. The second-order valence-corrected chi connectivity index (χ2v) is 8.85. The summed E-state index contributed by atoms with van der Waals surface area (Å²) in [5.74, 6) is -0.314. The van der Waals surface area contributed by atoms with E-state index in [1.54, 1.807) is 0 Å². The molecule has 3 aromatic rings. The van der Waals surface area contributed by atoms with Crippen molar-refractivity contribution in [3.63, 3.8) is 0 Å². The summed E-state index contributed by atoms with van der Waals surface area (Å²) >= 11 is 0. The molecule has 0 heterocycles. The van der Waals surface area contributed by atoms with Crippen LogP contribution in [0, 0.1) is 13.8 Å². The number of allylic oxidation sites excluding steroid dienone is 1. The number of hydrogen-bond donors (Lipinski definition) is 2. The first-order chi connectivity index (χ1) is 16.3. The predicted octanol–water partition coefficient (Wildman–Crippen LogP) is 7.62. The van der Waals surface area contributed by atoms with Gasteiger partial charge in [-0.05, 0) is 91.8 Å². The smallest absolute Gasteiger partial charge is 0.338 e. The van der Waals surface area contributed by atoms with Gasteiger partial charge in [-0.15, -0.1) is 0 Å². The Morgan fingerprint density at radius 3 is 2.06 bits per heavy atom. The van der Waals surface area contributed by atoms with E-state index in [2.05, 4.69) is 99.0 Å². The molecule has 0 atom stereocenters. The number of esters is 1. The summed E-state index contributed by atoms with van der Waals surface area (Å²) in [5.41, 5.74) is 10.1. The highest BCUT2D eigenvalue weighted by Crippen LogP contribution is 2.37. The molecule has 178 valence electrons. The van der Waals surface area contributed by atoms with E-state index >= 15 is 0 Å². The van der Waals surface area contributed by atoms with Crippen molar-refractivity contribution < 1.29 is 9.53 Å². The monoisotopic (exact) mass is 456 g/mol. The fourth-order valence-corrected chi connectivity index (χ4v) is 4.11. The van der Waals surface area contributed by atoms with E-state index in [-0.39, 0.29) is 5.97 Å². The molecule has 0 amide bonds. The van der Waals surface area contributed by atoms with Gasteiger partial charge in [0.15, 0.2) is 0 Å². The lowest BCUT2D eigenvalue weighted by Crippen LogP contribution is -2.09. The van der Waals surface area contributed by atoms with Crippen LogP contribution in [0.2, 0.25) is 0 Å². The number of anilines is 2. The number of methoxy groups -OCH3 is 1. The van der Waals surface area contributed by atoms with Gasteiger partial charge in [0.2, 0.25) is 0 Å². The van der Waals surface area contributed by atoms with Gasteiger partial charge in [-0.25, -0.2) is 4.79 Å². The van der Waals surface area contributed by atoms with E-state index in [1.807, 2.05) is 6.92 Å². The van der Waals surface area contributed by atoms with Crippen LogP contribution in [0.25, 0.3) is 22.3 Å². The first kappa shape index (κ1) is 25.1. The highest BCUT2D eigenvalue weighted by atomic mass is 16.5. The molecular weight excluding hydrogens is 420 g/mol. The fourth-order valence-electron chi connectivity index (χ4n) is 4.11. The molecule has 3 rings (SSSR count). The van der Waals surface area contributed by atoms with Crippen molar-refractivity contribution in [2.75, 3.05) is 30.8 Å². The lowest BCUT2D eigenvalue weighted by Gasteiger charge is -2.19. The van der Waals surface area contributed by atoms with Crippen LogP contribution in [0.5, 0.6) is 0 Å². The normalized spacial score (nSPS) is 10.5. The molecule has 0 aliphatic rings. The summed E-state index contributed by atoms with van der Waals surface area (Å²) in [6, 6.07) is 18.8. The van der Waals surface area contributed by atoms with Crippen molar-refractivity contribution in [2.24, 2.45) is 0 Å². The molecule has 0 bridgehead atoms. The maximum Gasteiger partial charge on any atom is 0.338 e. The van der Waals surface area contributed by atoms with Crippen LogP contribution in [0.1, 0.15) is 48.7 Å². The fraction of sp³-hybridized carbons (Fsp3) is 0.300. The Kier molecular flexibility index (Phi) is 8.53. The van der Waals surface area contributed by atoms with Crippen LogP contribution in [-0.2, 0) is 4.74 Å². The number of carbonyl (C=O) groups is 1. The third-order valence-corrected chi connectivity index (χ3v) is 5.94. The van der Waals surface area contributed by atoms with E-state index in [9.17, 15) is 4.79 Å². The summed E-state index contributed by atoms with van der Waals surface area (Å²) < 4.78 is 5.22. The Labute approximate surface area is 204 Å². The average Bonchev–Trinajstić information content (AvgIpc) is 2.84. The first-order valence-corrected chi connectivity index (χ1v) is 11.9. The van der Waals surface area contributed by atoms with Gasteiger partial charge < -0.3 is 15.4 Å². The highest BCUT2D eigenvalue weighted by Gasteiger charge is 2.22. The summed E-state index contributed by atoms with van der Waals surface area (Å²) in [6.45, 7) is 12.1. The highest BCUT2D eigenvalue weighted by molar-refractivity contribution is 6.02. The predicted molar refractivity (Wildman–Crippen MR) is 145 cm³/mol. The van der Waals surface area contributed by atoms with Crippen molar-refractivity contribution in [3.8, 4) is 22.3 Å². The molecule has 34 heavy (non-hydrogen) atoms. The van der Waals surface area contributed by atoms with Crippen molar-refractivity contribution in [3.05, 3.63) is 82.9 Å². The van der Waals surface area contributed by atoms with E-state index < -0.39 is 0 Å². The van der Waals surface area contributed by atoms with E-state index in [0.29, 0.717) is 5.56 Å². The van der Waals surface area contributed by atoms with Gasteiger partial charge in [-0.2, -0.15) is 0 Å². The molecular formula is C30H36N2O2. The molecule has 0 aromatic heterocycles. The van der Waals surface area contributed by atoms with Crippen LogP contribution in [0.3, 0.4) is 0 Å². The quantitative estimate of drug-likeness (QED) is 0.257. The Balaban J connectivity index is 2.01. The van der Waals surface area contributed by atoms with E-state index in [4.69, 9.17) is 4.74 Å². The molecule has 4 nitrogen and oxygen atoms in total. The summed E-state index contributed by atoms with van der Waals surface area (Å²) in [5, 5.41) is 6.81. The lowest BCUT2D eigenvalue weighted by molar-refractivity contribution is 0.0601. The second kappa shape index (κ2) is 11.6. The number of benzene rings is 3. The minimum Gasteiger partial charge on any atom is -0.465 e. The van der Waals surface area contributed by atoms with Crippen LogP contribution in [-0.4, -0.2) is 26.2 Å². The molecule has 0 aliphatic heterocycles. The summed E-state index contributed by atoms with van der Waals surface area (Å²) in [4.78, 5) is 12.9. The zero-order valence-electron chi connectivity index (χ0n) is 21.2. The molecule has 0 saturated heterocycles. The van der Waals surface area contributed by atoms with Gasteiger partial charge >= 0.3 is 5.97 Å². The number of aryl methyl sites for hydroxylation is 1. The molecule has 2 N–H and O–H groups in total. The number of carbonyl (C=O) groups excluding carboxylic acids is 1. The Morgan fingerprint density at radius 1 is 0.912 bits per heavy atom. The van der Waals surface area contributed by atoms with Gasteiger partial charge in [0.1, 0.15) is 0 Å². The molecule has 4 heteroatoms. The maximum atomic E-state index is 12.9. The second-order valence-electron chi connectivity index (χ2n) is 8.85. The van der Waals surface area contributed by atoms with Gasteiger partial charge in [0, 0.05) is 24.5 Å². The largest absolute Gasteiger partial charge is 0.465 e. The number of nitrogens with one attached hydrogen (secondary N) is 2. The van der Waals surface area contributed by atoms with E-state index in [1.165, 1.54) is 12.7 Å². The topological polar surface area (TPSA) is 50.4 Å². The Hall–Kier alpha value is -3.53. The van der Waals surface area contributed by atoms with Crippen molar-refractivity contribution in [1.82, 2.24) is 0 Å². The van der Waals surface area contributed by atoms with E-state index in [0.717, 1.165) is 64.3 Å². The summed E-state index contributed by atoms with van der Waals surface area (Å²) in [6.07, 6.45) is 3.23. The molecule has 0 aliphatic carbocycles. The van der Waals surface area contributed by atoms with Crippen LogP contribution in [0.15, 0.2) is 66.2 Å². The average molecular weight is 457 g/mol. The van der Waals surface area contributed by atoms with Crippen LogP contribution >= 0.6 is 0 Å². The maximum absolute atomic E-state index is 12.9. The van der Waals surface area contributed by atoms with Crippen molar-refractivity contribution in [2.45, 2.75) is 41.0 Å². The Bertz CT molecular complexity index is 1160. The Morgan fingerprint density at radius 2 is 1.50 bits per heavy atom. The molecule has 0 spiro atoms. The third kappa shape index (κ3) is 5.88. The molecule has 0 fully saturated rings. The van der Waals surface area contributed by atoms with Crippen LogP contribution < -0.4 is 10.6 Å². The molecule has 0 radical (unpaired) electrons. The van der Waals surface area contributed by atoms with Gasteiger partial charge in [0.25, 0.3) is 0 Å². The SMILES string of the molecule is CCCNc1ccc(-c2c(C)cc(-c3ccc(NCC=C(C)C)cc3)c(C)c2C(=O)OC)cc1.